The molecule has 0 aliphatic carbocycles. The summed E-state index contributed by atoms with van der Waals surface area (Å²) in [7, 11) is 1.77. The molecule has 0 spiro atoms. The van der Waals surface area contributed by atoms with Gasteiger partial charge < -0.3 is 14.8 Å². The van der Waals surface area contributed by atoms with Crippen LogP contribution in [0.3, 0.4) is 0 Å². The van der Waals surface area contributed by atoms with E-state index in [1.165, 1.54) is 11.1 Å². The molecule has 1 aliphatic heterocycles. The molecule has 26 heavy (non-hydrogen) atoms. The summed E-state index contributed by atoms with van der Waals surface area (Å²) in [6.07, 6.45) is 3.12. The SMILES string of the molecule is COc1ccccc1[C@@]1(CCNCc2ccccc2)CCOC(C)(C)C1. The fraction of sp³-hybridized carbons (Fsp3) is 0.478. The Bertz CT molecular complexity index is 698. The van der Waals surface area contributed by atoms with Gasteiger partial charge in [0.1, 0.15) is 5.75 Å². The van der Waals surface area contributed by atoms with Crippen LogP contribution in [0.4, 0.5) is 0 Å². The number of rotatable bonds is 7. The van der Waals surface area contributed by atoms with Gasteiger partial charge in [0.25, 0.3) is 0 Å². The largest absolute Gasteiger partial charge is 0.496 e. The van der Waals surface area contributed by atoms with Crippen molar-refractivity contribution >= 4 is 0 Å². The van der Waals surface area contributed by atoms with Crippen molar-refractivity contribution in [3.8, 4) is 5.75 Å². The highest BCUT2D eigenvalue weighted by atomic mass is 16.5. The Morgan fingerprint density at radius 3 is 2.50 bits per heavy atom. The van der Waals surface area contributed by atoms with Gasteiger partial charge >= 0.3 is 0 Å². The lowest BCUT2D eigenvalue weighted by molar-refractivity contribution is -0.0843. The molecule has 3 rings (SSSR count). The number of para-hydroxylation sites is 1. The average Bonchev–Trinajstić information content (AvgIpc) is 2.65. The average molecular weight is 354 g/mol. The van der Waals surface area contributed by atoms with Crippen LogP contribution in [0.5, 0.6) is 5.75 Å². The molecule has 0 saturated carbocycles. The number of benzene rings is 2. The molecule has 1 fully saturated rings. The Labute approximate surface area is 157 Å². The minimum Gasteiger partial charge on any atom is -0.496 e. The van der Waals surface area contributed by atoms with Crippen molar-refractivity contribution < 1.29 is 9.47 Å². The molecule has 0 aromatic heterocycles. The Hall–Kier alpha value is -1.84. The van der Waals surface area contributed by atoms with Crippen molar-refractivity contribution in [1.82, 2.24) is 5.32 Å². The second kappa shape index (κ2) is 8.24. The second-order valence-corrected chi connectivity index (χ2v) is 7.93. The van der Waals surface area contributed by atoms with Crippen molar-refractivity contribution in [1.29, 1.82) is 0 Å². The summed E-state index contributed by atoms with van der Waals surface area (Å²) < 4.78 is 11.7. The van der Waals surface area contributed by atoms with Gasteiger partial charge in [-0.25, -0.2) is 0 Å². The molecule has 0 radical (unpaired) electrons. The van der Waals surface area contributed by atoms with Crippen LogP contribution in [0.1, 0.15) is 44.2 Å². The predicted molar refractivity (Wildman–Crippen MR) is 107 cm³/mol. The zero-order chi connectivity index (χ0) is 18.5. The van der Waals surface area contributed by atoms with E-state index in [1.807, 2.05) is 6.07 Å². The summed E-state index contributed by atoms with van der Waals surface area (Å²) in [4.78, 5) is 0. The highest BCUT2D eigenvalue weighted by Gasteiger charge is 2.43. The molecule has 2 aromatic carbocycles. The highest BCUT2D eigenvalue weighted by Crippen LogP contribution is 2.46. The maximum Gasteiger partial charge on any atom is 0.122 e. The molecule has 140 valence electrons. The molecule has 0 unspecified atom stereocenters. The van der Waals surface area contributed by atoms with E-state index in [9.17, 15) is 0 Å². The number of ether oxygens (including phenoxy) is 2. The van der Waals surface area contributed by atoms with E-state index in [2.05, 4.69) is 67.7 Å². The van der Waals surface area contributed by atoms with Gasteiger partial charge in [-0.2, -0.15) is 0 Å². The smallest absolute Gasteiger partial charge is 0.122 e. The van der Waals surface area contributed by atoms with Crippen LogP contribution < -0.4 is 10.1 Å². The summed E-state index contributed by atoms with van der Waals surface area (Å²) in [5.74, 6) is 0.994. The molecule has 3 nitrogen and oxygen atoms in total. The van der Waals surface area contributed by atoms with Crippen LogP contribution in [0.15, 0.2) is 54.6 Å². The maximum atomic E-state index is 6.03. The Balaban J connectivity index is 1.75. The third-order valence-electron chi connectivity index (χ3n) is 5.47. The van der Waals surface area contributed by atoms with Gasteiger partial charge in [-0.3, -0.25) is 0 Å². The zero-order valence-electron chi connectivity index (χ0n) is 16.3. The lowest BCUT2D eigenvalue weighted by atomic mass is 9.67. The Morgan fingerprint density at radius 2 is 1.77 bits per heavy atom. The van der Waals surface area contributed by atoms with Gasteiger partial charge in [-0.05, 0) is 51.3 Å². The minimum atomic E-state index is -0.113. The van der Waals surface area contributed by atoms with Crippen molar-refractivity contribution in [2.75, 3.05) is 20.3 Å². The first kappa shape index (κ1) is 18.9. The molecular weight excluding hydrogens is 322 g/mol. The molecule has 1 atom stereocenters. The third-order valence-corrected chi connectivity index (χ3v) is 5.47. The molecule has 3 heteroatoms. The van der Waals surface area contributed by atoms with Crippen molar-refractivity contribution in [3.05, 3.63) is 65.7 Å². The lowest BCUT2D eigenvalue weighted by Gasteiger charge is -2.46. The standard InChI is InChI=1S/C23H31NO2/c1-22(2)18-23(14-16-26-22,20-11-7-8-12-21(20)25-3)13-15-24-17-19-9-5-4-6-10-19/h4-12,24H,13-18H2,1-3H3/t23-/m0/s1. The van der Waals surface area contributed by atoms with E-state index in [0.29, 0.717) is 0 Å². The number of hydrogen-bond acceptors (Lipinski definition) is 3. The Kier molecular flexibility index (Phi) is 6.00. The molecule has 1 N–H and O–H groups in total. The summed E-state index contributed by atoms with van der Waals surface area (Å²) >= 11 is 0. The molecule has 1 saturated heterocycles. The van der Waals surface area contributed by atoms with Crippen LogP contribution >= 0.6 is 0 Å². The van der Waals surface area contributed by atoms with Gasteiger partial charge in [0.2, 0.25) is 0 Å². The second-order valence-electron chi connectivity index (χ2n) is 7.93. The first-order valence-electron chi connectivity index (χ1n) is 9.57. The van der Waals surface area contributed by atoms with E-state index in [0.717, 1.165) is 44.7 Å². The van der Waals surface area contributed by atoms with E-state index >= 15 is 0 Å². The topological polar surface area (TPSA) is 30.5 Å². The van der Waals surface area contributed by atoms with Gasteiger partial charge in [0.15, 0.2) is 0 Å². The third kappa shape index (κ3) is 4.46. The van der Waals surface area contributed by atoms with Crippen molar-refractivity contribution in [2.24, 2.45) is 0 Å². The van der Waals surface area contributed by atoms with Gasteiger partial charge in [0.05, 0.1) is 12.7 Å². The summed E-state index contributed by atoms with van der Waals surface area (Å²) in [5, 5.41) is 3.63. The highest BCUT2D eigenvalue weighted by molar-refractivity contribution is 5.40. The first-order chi connectivity index (χ1) is 12.5. The van der Waals surface area contributed by atoms with Gasteiger partial charge in [-0.15, -0.1) is 0 Å². The van der Waals surface area contributed by atoms with Crippen LogP contribution in [0, 0.1) is 0 Å². The van der Waals surface area contributed by atoms with E-state index in [1.54, 1.807) is 7.11 Å². The van der Waals surface area contributed by atoms with Gasteiger partial charge in [-0.1, -0.05) is 48.5 Å². The van der Waals surface area contributed by atoms with E-state index < -0.39 is 0 Å². The molecule has 1 heterocycles. The maximum absolute atomic E-state index is 6.03. The number of hydrogen-bond donors (Lipinski definition) is 1. The van der Waals surface area contributed by atoms with Crippen LogP contribution in [-0.2, 0) is 16.7 Å². The van der Waals surface area contributed by atoms with Crippen molar-refractivity contribution in [3.63, 3.8) is 0 Å². The first-order valence-corrected chi connectivity index (χ1v) is 9.57. The quantitative estimate of drug-likeness (QED) is 0.732. The zero-order valence-corrected chi connectivity index (χ0v) is 16.3. The molecule has 0 amide bonds. The van der Waals surface area contributed by atoms with Crippen LogP contribution in [0.25, 0.3) is 0 Å². The van der Waals surface area contributed by atoms with Crippen LogP contribution in [0.2, 0.25) is 0 Å². The van der Waals surface area contributed by atoms with Crippen LogP contribution in [-0.4, -0.2) is 25.9 Å². The lowest BCUT2D eigenvalue weighted by Crippen LogP contribution is -2.45. The fourth-order valence-electron chi connectivity index (χ4n) is 4.29. The number of nitrogens with one attached hydrogen (secondary N) is 1. The number of methoxy groups -OCH3 is 1. The molecule has 2 aromatic rings. The Morgan fingerprint density at radius 1 is 1.04 bits per heavy atom. The fourth-order valence-corrected chi connectivity index (χ4v) is 4.29. The molecular formula is C23H31NO2. The predicted octanol–water partition coefficient (Wildman–Crippen LogP) is 4.70. The monoisotopic (exact) mass is 353 g/mol. The van der Waals surface area contributed by atoms with E-state index in [4.69, 9.17) is 9.47 Å². The summed E-state index contributed by atoms with van der Waals surface area (Å²) in [6.45, 7) is 7.08. The summed E-state index contributed by atoms with van der Waals surface area (Å²) in [5.41, 5.74) is 2.61. The van der Waals surface area contributed by atoms with Crippen molar-refractivity contribution in [2.45, 2.75) is 50.7 Å². The minimum absolute atomic E-state index is 0.0814. The normalized spacial score (nSPS) is 22.1. The van der Waals surface area contributed by atoms with E-state index in [-0.39, 0.29) is 11.0 Å². The summed E-state index contributed by atoms with van der Waals surface area (Å²) in [6, 6.07) is 19.1. The molecule has 1 aliphatic rings. The molecule has 0 bridgehead atoms. The van der Waals surface area contributed by atoms with Gasteiger partial charge in [0, 0.05) is 24.1 Å².